The maximum Gasteiger partial charge on any atom is 0.157 e. The summed E-state index contributed by atoms with van der Waals surface area (Å²) in [6.45, 7) is 2.01. The van der Waals surface area contributed by atoms with Gasteiger partial charge in [-0.1, -0.05) is 0 Å². The molecule has 1 heterocycles. The van der Waals surface area contributed by atoms with E-state index in [1.54, 1.807) is 24.3 Å². The summed E-state index contributed by atoms with van der Waals surface area (Å²) in [7, 11) is 0. The van der Waals surface area contributed by atoms with E-state index in [9.17, 15) is 15.3 Å². The first kappa shape index (κ1) is 16.0. The SMILES string of the molecule is CCOc1ccc(NC2O[C@H](CO)[C@@H](O)[C@H](O)[C@@H]2O)cc1. The van der Waals surface area contributed by atoms with Gasteiger partial charge in [-0.2, -0.15) is 0 Å². The molecule has 118 valence electrons. The highest BCUT2D eigenvalue weighted by Crippen LogP contribution is 2.24. The van der Waals surface area contributed by atoms with Crippen molar-refractivity contribution < 1.29 is 29.9 Å². The summed E-state index contributed by atoms with van der Waals surface area (Å²) in [6, 6.07) is 7.00. The average Bonchev–Trinajstić information content (AvgIpc) is 2.50. The molecule has 7 heteroatoms. The van der Waals surface area contributed by atoms with E-state index in [1.807, 2.05) is 6.92 Å². The lowest BCUT2D eigenvalue weighted by molar-refractivity contribution is -0.221. The van der Waals surface area contributed by atoms with Gasteiger partial charge in [-0.05, 0) is 31.2 Å². The molecular weight excluding hydrogens is 278 g/mol. The molecule has 1 saturated heterocycles. The van der Waals surface area contributed by atoms with Crippen LogP contribution in [0.1, 0.15) is 6.92 Å². The molecule has 2 rings (SSSR count). The normalized spacial score (nSPS) is 32.7. The minimum Gasteiger partial charge on any atom is -0.494 e. The van der Waals surface area contributed by atoms with Gasteiger partial charge in [0.15, 0.2) is 6.23 Å². The Balaban J connectivity index is 2.03. The fourth-order valence-corrected chi connectivity index (χ4v) is 2.20. The van der Waals surface area contributed by atoms with Gasteiger partial charge in [0.1, 0.15) is 30.2 Å². The second-order valence-electron chi connectivity index (χ2n) is 4.85. The maximum atomic E-state index is 9.92. The van der Waals surface area contributed by atoms with E-state index in [0.29, 0.717) is 12.3 Å². The highest BCUT2D eigenvalue weighted by Gasteiger charge is 2.43. The minimum atomic E-state index is -1.39. The van der Waals surface area contributed by atoms with Crippen LogP contribution in [-0.4, -0.2) is 64.3 Å². The van der Waals surface area contributed by atoms with E-state index in [0.717, 1.165) is 5.75 Å². The number of aliphatic hydroxyl groups is 4. The lowest BCUT2D eigenvalue weighted by Gasteiger charge is -2.40. The van der Waals surface area contributed by atoms with Crippen LogP contribution in [0, 0.1) is 0 Å². The number of rotatable bonds is 5. The molecule has 1 aromatic rings. The van der Waals surface area contributed by atoms with Crippen molar-refractivity contribution in [3.8, 4) is 5.75 Å². The molecule has 7 nitrogen and oxygen atoms in total. The first-order valence-corrected chi connectivity index (χ1v) is 6.86. The number of hydrogen-bond acceptors (Lipinski definition) is 7. The molecule has 0 spiro atoms. The van der Waals surface area contributed by atoms with Crippen molar-refractivity contribution in [1.82, 2.24) is 0 Å². The summed E-state index contributed by atoms with van der Waals surface area (Å²) in [4.78, 5) is 0. The number of nitrogens with one attached hydrogen (secondary N) is 1. The van der Waals surface area contributed by atoms with Gasteiger partial charge in [0.05, 0.1) is 13.2 Å². The van der Waals surface area contributed by atoms with Gasteiger partial charge >= 0.3 is 0 Å². The molecule has 1 aliphatic rings. The van der Waals surface area contributed by atoms with E-state index >= 15 is 0 Å². The average molecular weight is 299 g/mol. The van der Waals surface area contributed by atoms with Gasteiger partial charge in [-0.3, -0.25) is 0 Å². The van der Waals surface area contributed by atoms with Crippen LogP contribution < -0.4 is 10.1 Å². The van der Waals surface area contributed by atoms with Crippen LogP contribution in [0.2, 0.25) is 0 Å². The van der Waals surface area contributed by atoms with E-state index in [1.165, 1.54) is 0 Å². The summed E-state index contributed by atoms with van der Waals surface area (Å²) in [5, 5.41) is 41.4. The van der Waals surface area contributed by atoms with Crippen molar-refractivity contribution in [2.24, 2.45) is 0 Å². The first-order chi connectivity index (χ1) is 10.1. The van der Waals surface area contributed by atoms with Crippen LogP contribution in [0.3, 0.4) is 0 Å². The Morgan fingerprint density at radius 1 is 1.10 bits per heavy atom. The standard InChI is InChI=1S/C14H21NO6/c1-2-20-9-5-3-8(4-6-9)15-14-13(19)12(18)11(17)10(7-16)21-14/h3-6,10-19H,2,7H2,1H3/t10-,11-,12+,13+,14?/m1/s1. The lowest BCUT2D eigenvalue weighted by Crippen LogP contribution is -2.60. The maximum absolute atomic E-state index is 9.92. The zero-order valence-corrected chi connectivity index (χ0v) is 11.7. The molecule has 0 saturated carbocycles. The topological polar surface area (TPSA) is 111 Å². The predicted octanol–water partition coefficient (Wildman–Crippen LogP) is -0.703. The van der Waals surface area contributed by atoms with Crippen molar-refractivity contribution in [1.29, 1.82) is 0 Å². The van der Waals surface area contributed by atoms with E-state index in [4.69, 9.17) is 14.6 Å². The van der Waals surface area contributed by atoms with Crippen molar-refractivity contribution in [3.63, 3.8) is 0 Å². The van der Waals surface area contributed by atoms with E-state index in [2.05, 4.69) is 5.32 Å². The number of hydrogen-bond donors (Lipinski definition) is 5. The first-order valence-electron chi connectivity index (χ1n) is 6.86. The summed E-state index contributed by atoms with van der Waals surface area (Å²) in [5.41, 5.74) is 0.655. The molecule has 0 amide bonds. The Bertz CT molecular complexity index is 438. The highest BCUT2D eigenvalue weighted by atomic mass is 16.6. The molecule has 0 aromatic heterocycles. The zero-order valence-electron chi connectivity index (χ0n) is 11.7. The molecular formula is C14H21NO6. The monoisotopic (exact) mass is 299 g/mol. The number of anilines is 1. The van der Waals surface area contributed by atoms with Gasteiger partial charge in [0.2, 0.25) is 0 Å². The third-order valence-electron chi connectivity index (χ3n) is 3.37. The molecule has 1 aromatic carbocycles. The quantitative estimate of drug-likeness (QED) is 0.489. The van der Waals surface area contributed by atoms with Gasteiger partial charge in [0, 0.05) is 5.69 Å². The Morgan fingerprint density at radius 2 is 1.76 bits per heavy atom. The summed E-state index contributed by atoms with van der Waals surface area (Å²) in [6.07, 6.45) is -5.92. The number of aliphatic hydroxyl groups excluding tert-OH is 4. The zero-order chi connectivity index (χ0) is 15.4. The minimum absolute atomic E-state index is 0.452. The van der Waals surface area contributed by atoms with E-state index in [-0.39, 0.29) is 0 Å². The smallest absolute Gasteiger partial charge is 0.157 e. The molecule has 21 heavy (non-hydrogen) atoms. The third kappa shape index (κ3) is 3.63. The summed E-state index contributed by atoms with van der Waals surface area (Å²) in [5.74, 6) is 0.719. The molecule has 0 bridgehead atoms. The van der Waals surface area contributed by atoms with Crippen molar-refractivity contribution >= 4 is 5.69 Å². The van der Waals surface area contributed by atoms with Crippen LogP contribution in [0.25, 0.3) is 0 Å². The highest BCUT2D eigenvalue weighted by molar-refractivity contribution is 5.47. The van der Waals surface area contributed by atoms with Crippen molar-refractivity contribution in [3.05, 3.63) is 24.3 Å². The Morgan fingerprint density at radius 3 is 2.33 bits per heavy atom. The second-order valence-corrected chi connectivity index (χ2v) is 4.85. The Labute approximate surface area is 122 Å². The van der Waals surface area contributed by atoms with E-state index < -0.39 is 37.3 Å². The molecule has 5 atom stereocenters. The summed E-state index contributed by atoms with van der Waals surface area (Å²) < 4.78 is 10.7. The van der Waals surface area contributed by atoms with Crippen LogP contribution >= 0.6 is 0 Å². The van der Waals surface area contributed by atoms with Gasteiger partial charge in [-0.15, -0.1) is 0 Å². The van der Waals surface area contributed by atoms with Gasteiger partial charge in [-0.25, -0.2) is 0 Å². The van der Waals surface area contributed by atoms with Crippen molar-refractivity contribution in [2.75, 3.05) is 18.5 Å². The van der Waals surface area contributed by atoms with Crippen molar-refractivity contribution in [2.45, 2.75) is 37.6 Å². The molecule has 1 fully saturated rings. The van der Waals surface area contributed by atoms with Gasteiger partial charge in [0.25, 0.3) is 0 Å². The van der Waals surface area contributed by atoms with Crippen LogP contribution in [0.15, 0.2) is 24.3 Å². The number of ether oxygens (including phenoxy) is 2. The van der Waals surface area contributed by atoms with Gasteiger partial charge < -0.3 is 35.2 Å². The molecule has 1 aliphatic heterocycles. The summed E-state index contributed by atoms with van der Waals surface area (Å²) >= 11 is 0. The predicted molar refractivity (Wildman–Crippen MR) is 75.0 cm³/mol. The number of benzene rings is 1. The van der Waals surface area contributed by atoms with Crippen LogP contribution in [-0.2, 0) is 4.74 Å². The lowest BCUT2D eigenvalue weighted by atomic mass is 9.98. The third-order valence-corrected chi connectivity index (χ3v) is 3.37. The molecule has 0 radical (unpaired) electrons. The molecule has 1 unspecified atom stereocenters. The Kier molecular flexibility index (Phi) is 5.38. The molecule has 5 N–H and O–H groups in total. The Hall–Kier alpha value is -1.38. The fourth-order valence-electron chi connectivity index (χ4n) is 2.20. The van der Waals surface area contributed by atoms with Crippen LogP contribution in [0.5, 0.6) is 5.75 Å². The second kappa shape index (κ2) is 7.06. The largest absolute Gasteiger partial charge is 0.494 e. The molecule has 0 aliphatic carbocycles. The van der Waals surface area contributed by atoms with Crippen LogP contribution in [0.4, 0.5) is 5.69 Å². The fraction of sp³-hybridized carbons (Fsp3) is 0.571.